The zero-order chi connectivity index (χ0) is 58.4. The molecule has 0 aliphatic heterocycles. The van der Waals surface area contributed by atoms with Crippen LogP contribution in [0.3, 0.4) is 0 Å². The fourth-order valence-electron chi connectivity index (χ4n) is 5.86. The smallest absolute Gasteiger partial charge is 0.200 e. The first kappa shape index (κ1) is 67.0. The molecule has 0 spiro atoms. The Morgan fingerprint density at radius 3 is 0.667 bits per heavy atom. The molecule has 40 heteroatoms. The lowest BCUT2D eigenvalue weighted by atomic mass is 9.67. The van der Waals surface area contributed by atoms with Crippen molar-refractivity contribution in [2.24, 2.45) is 0 Å². The molecule has 0 aromatic heterocycles. The Morgan fingerprint density at radius 1 is 0.264 bits per heavy atom. The number of rotatable bonds is 23. The van der Waals surface area contributed by atoms with Crippen LogP contribution in [0.25, 0.3) is 0 Å². The number of benzene rings is 1. The number of hydrogen-bond donors (Lipinski definition) is 0. The first-order valence-corrected chi connectivity index (χ1v) is 18.6. The van der Waals surface area contributed by atoms with E-state index in [1.807, 2.05) is 0 Å². The average Bonchev–Trinajstić information content (AvgIpc) is 3.18. The van der Waals surface area contributed by atoms with Crippen LogP contribution in [0.4, 0.5) is 171 Å². The highest BCUT2D eigenvalue weighted by molar-refractivity contribution is 9.08. The van der Waals surface area contributed by atoms with E-state index in [1.165, 1.54) is 0 Å². The van der Waals surface area contributed by atoms with Crippen LogP contribution in [-0.4, -0.2) is 107 Å². The third-order valence-electron chi connectivity index (χ3n) is 10.4. The molecule has 72 heavy (non-hydrogen) atoms. The lowest BCUT2D eigenvalue weighted by molar-refractivity contribution is -0.441. The van der Waals surface area contributed by atoms with E-state index in [9.17, 15) is 145 Å². The van der Waals surface area contributed by atoms with Crippen LogP contribution in [0.1, 0.15) is 49.7 Å². The molecule has 0 N–H and O–H groups in total. The summed E-state index contributed by atoms with van der Waals surface area (Å²) < 4.78 is 541. The van der Waals surface area contributed by atoms with Crippen LogP contribution in [0.5, 0.6) is 0 Å². The van der Waals surface area contributed by atoms with Crippen LogP contribution in [0, 0.1) is 0 Å². The second-order valence-corrected chi connectivity index (χ2v) is 15.7. The summed E-state index contributed by atoms with van der Waals surface area (Å²) in [4.78, 5) is 0. The Kier molecular flexibility index (Phi) is 17.3. The Morgan fingerprint density at radius 2 is 0.472 bits per heavy atom. The standard InChI is InChI=1S/C32H18BrF39/c33-11-12-2-1-3-13(10-12)14(4-7-15(34,35)18(40,41)21(46,47)24(52,53)27(58,59)30(64,65)66,5-8-16(36,37)19(42,43)22(48,49)25(54,55)28(60,61)31(67,68)69)6-9-17(38,39)20(44,45)23(50,51)26(56,57)29(62,63)32(70,71)72/h1-3,10H,4-9,11H2. The molecule has 0 saturated carbocycles. The molecule has 0 atom stereocenters. The third kappa shape index (κ3) is 9.97. The summed E-state index contributed by atoms with van der Waals surface area (Å²) in [5.74, 6) is -128. The van der Waals surface area contributed by atoms with Crippen molar-refractivity contribution in [2.75, 3.05) is 0 Å². The predicted octanol–water partition coefficient (Wildman–Crippen LogP) is 17.4. The summed E-state index contributed by atoms with van der Waals surface area (Å²) in [5, 5.41) is -0.966. The maximum atomic E-state index is 15.1. The Labute approximate surface area is 379 Å². The highest BCUT2D eigenvalue weighted by atomic mass is 79.9. The zero-order valence-electron chi connectivity index (χ0n) is 32.9. The van der Waals surface area contributed by atoms with Crippen molar-refractivity contribution in [2.45, 2.75) is 157 Å². The van der Waals surface area contributed by atoms with Gasteiger partial charge in [0, 0.05) is 24.6 Å². The molecule has 1 aromatic carbocycles. The van der Waals surface area contributed by atoms with Crippen molar-refractivity contribution < 1.29 is 171 Å². The Bertz CT molecular complexity index is 1830. The van der Waals surface area contributed by atoms with Gasteiger partial charge in [-0.05, 0) is 35.8 Å². The van der Waals surface area contributed by atoms with Crippen LogP contribution >= 0.6 is 15.9 Å². The largest absolute Gasteiger partial charge is 0.460 e. The summed E-state index contributed by atoms with van der Waals surface area (Å²) in [7, 11) is 0. The minimum absolute atomic E-state index is 0.149. The summed E-state index contributed by atoms with van der Waals surface area (Å²) in [6, 6.07) is 0.292. The second kappa shape index (κ2) is 18.6. The van der Waals surface area contributed by atoms with Crippen LogP contribution in [0.15, 0.2) is 24.3 Å². The van der Waals surface area contributed by atoms with Crippen molar-refractivity contribution in [3.63, 3.8) is 0 Å². The molecule has 0 unspecified atom stereocenters. The molecule has 426 valence electrons. The van der Waals surface area contributed by atoms with Gasteiger partial charge in [-0.25, -0.2) is 0 Å². The molecule has 0 aliphatic rings. The molecule has 0 radical (unpaired) electrons. The van der Waals surface area contributed by atoms with Gasteiger partial charge in [-0.3, -0.25) is 0 Å². The molecule has 0 amide bonds. The van der Waals surface area contributed by atoms with Crippen molar-refractivity contribution in [3.8, 4) is 0 Å². The first-order chi connectivity index (χ1) is 30.9. The quantitative estimate of drug-likeness (QED) is 0.0757. The number of halogens is 40. The molecule has 0 saturated heterocycles. The van der Waals surface area contributed by atoms with E-state index < -0.39 is 168 Å². The lowest BCUT2D eigenvalue weighted by Crippen LogP contribution is -2.70. The highest BCUT2D eigenvalue weighted by Gasteiger charge is 2.93. The topological polar surface area (TPSA) is 0 Å². The molecule has 0 fully saturated rings. The maximum absolute atomic E-state index is 15.1. The van der Waals surface area contributed by atoms with Gasteiger partial charge in [-0.1, -0.05) is 40.2 Å². The van der Waals surface area contributed by atoms with Gasteiger partial charge in [0.15, 0.2) is 0 Å². The SMILES string of the molecule is FC(F)(F)C(F)(F)C(F)(F)C(F)(F)C(F)(F)C(F)(F)CCC(CCC(F)(F)C(F)(F)C(F)(F)C(F)(F)C(F)(F)C(F)(F)F)(CCC(F)(F)C(F)(F)C(F)(F)C(F)(F)C(F)(F)C(F)(F)F)c1cccc(CBr)c1. The fraction of sp³-hybridized carbons (Fsp3) is 0.812. The fourth-order valence-corrected chi connectivity index (χ4v) is 6.21. The van der Waals surface area contributed by atoms with Crippen molar-refractivity contribution in [1.82, 2.24) is 0 Å². The minimum atomic E-state index is -8.89. The van der Waals surface area contributed by atoms with Crippen molar-refractivity contribution >= 4 is 15.9 Å². The van der Waals surface area contributed by atoms with Gasteiger partial charge < -0.3 is 0 Å². The predicted molar refractivity (Wildman–Crippen MR) is 161 cm³/mol. The zero-order valence-corrected chi connectivity index (χ0v) is 34.5. The van der Waals surface area contributed by atoms with E-state index >= 15 is 26.3 Å². The molecule has 0 heterocycles. The van der Waals surface area contributed by atoms with Gasteiger partial charge in [0.25, 0.3) is 0 Å². The van der Waals surface area contributed by atoms with E-state index in [1.54, 1.807) is 0 Å². The van der Waals surface area contributed by atoms with Gasteiger partial charge in [0.05, 0.1) is 0 Å². The van der Waals surface area contributed by atoms with Gasteiger partial charge in [-0.2, -0.15) is 171 Å². The van der Waals surface area contributed by atoms with Crippen LogP contribution < -0.4 is 0 Å². The van der Waals surface area contributed by atoms with Gasteiger partial charge in [0.2, 0.25) is 0 Å². The molecular weight excluding hydrogens is 1210 g/mol. The summed E-state index contributed by atoms with van der Waals surface area (Å²) in [6.07, 6.45) is -47.0. The third-order valence-corrected chi connectivity index (χ3v) is 11.1. The van der Waals surface area contributed by atoms with Crippen LogP contribution in [0.2, 0.25) is 0 Å². The molecular formula is C32H18BrF39. The number of hydrogen-bond acceptors (Lipinski definition) is 0. The van der Waals surface area contributed by atoms with E-state index in [4.69, 9.17) is 0 Å². The second-order valence-electron chi connectivity index (χ2n) is 15.1. The van der Waals surface area contributed by atoms with Crippen molar-refractivity contribution in [1.29, 1.82) is 0 Å². The van der Waals surface area contributed by atoms with E-state index in [-0.39, 0.29) is 18.2 Å². The van der Waals surface area contributed by atoms with E-state index in [2.05, 4.69) is 15.9 Å². The Balaban J connectivity index is 4.50. The summed E-state index contributed by atoms with van der Waals surface area (Å²) in [6.45, 7) is 0. The van der Waals surface area contributed by atoms with E-state index in [0.717, 1.165) is 0 Å². The van der Waals surface area contributed by atoms with Gasteiger partial charge >= 0.3 is 107 Å². The lowest BCUT2D eigenvalue weighted by Gasteiger charge is -2.44. The van der Waals surface area contributed by atoms with Crippen LogP contribution in [-0.2, 0) is 10.7 Å². The monoisotopic (exact) mass is 1220 g/mol. The number of alkyl halides is 40. The molecule has 0 nitrogen and oxygen atoms in total. The average molecular weight is 1220 g/mol. The maximum Gasteiger partial charge on any atom is 0.460 e. The van der Waals surface area contributed by atoms with Gasteiger partial charge in [-0.15, -0.1) is 0 Å². The highest BCUT2D eigenvalue weighted by Crippen LogP contribution is 2.65. The summed E-state index contributed by atoms with van der Waals surface area (Å²) >= 11 is 2.41. The van der Waals surface area contributed by atoms with E-state index in [0.29, 0.717) is 6.07 Å². The molecule has 1 aromatic rings. The Hall–Kier alpha value is -3.03. The van der Waals surface area contributed by atoms with Gasteiger partial charge in [0.1, 0.15) is 0 Å². The summed E-state index contributed by atoms with van der Waals surface area (Å²) in [5.41, 5.74) is -7.59. The minimum Gasteiger partial charge on any atom is -0.200 e. The first-order valence-electron chi connectivity index (χ1n) is 17.4. The van der Waals surface area contributed by atoms with Crippen molar-refractivity contribution in [3.05, 3.63) is 35.4 Å². The normalized spacial score (nSPS) is 16.4. The molecule has 0 aliphatic carbocycles. The molecule has 1 rings (SSSR count). The molecule has 0 bridgehead atoms.